The molecule has 116 valence electrons. The summed E-state index contributed by atoms with van der Waals surface area (Å²) in [4.78, 5) is 23.9. The van der Waals surface area contributed by atoms with Crippen LogP contribution in [0, 0.1) is 0 Å². The van der Waals surface area contributed by atoms with Crippen molar-refractivity contribution >= 4 is 23.2 Å². The Morgan fingerprint density at radius 3 is 2.55 bits per heavy atom. The van der Waals surface area contributed by atoms with E-state index in [4.69, 9.17) is 5.11 Å². The number of aromatic carboxylic acids is 1. The molecule has 5 heteroatoms. The summed E-state index contributed by atoms with van der Waals surface area (Å²) in [5.41, 5.74) is 1.23. The van der Waals surface area contributed by atoms with Crippen molar-refractivity contribution in [3.05, 3.63) is 57.8 Å². The fraction of sp³-hybridized carbons (Fsp3) is 0.294. The molecule has 4 nitrogen and oxygen atoms in total. The van der Waals surface area contributed by atoms with E-state index in [0.29, 0.717) is 25.3 Å². The maximum Gasteiger partial charge on any atom is 0.335 e. The smallest absolute Gasteiger partial charge is 0.335 e. The lowest BCUT2D eigenvalue weighted by Crippen LogP contribution is -2.27. The predicted molar refractivity (Wildman–Crippen MR) is 87.5 cm³/mol. The molecule has 0 unspecified atom stereocenters. The van der Waals surface area contributed by atoms with Crippen molar-refractivity contribution in [3.63, 3.8) is 0 Å². The van der Waals surface area contributed by atoms with E-state index in [-0.39, 0.29) is 11.5 Å². The molecule has 0 spiro atoms. The monoisotopic (exact) mass is 317 g/mol. The molecule has 0 aliphatic carbocycles. The molecule has 1 aromatic carbocycles. The van der Waals surface area contributed by atoms with Gasteiger partial charge in [0, 0.05) is 23.8 Å². The molecule has 0 radical (unpaired) electrons. The molecule has 0 aliphatic rings. The van der Waals surface area contributed by atoms with Crippen LogP contribution in [0.2, 0.25) is 0 Å². The second-order valence-electron chi connectivity index (χ2n) is 5.22. The van der Waals surface area contributed by atoms with Crippen LogP contribution in [0.25, 0.3) is 0 Å². The molecule has 0 saturated carbocycles. The third-order valence-electron chi connectivity index (χ3n) is 3.48. The van der Waals surface area contributed by atoms with Gasteiger partial charge in [-0.15, -0.1) is 11.3 Å². The minimum atomic E-state index is -0.938. The fourth-order valence-corrected chi connectivity index (χ4v) is 2.89. The average molecular weight is 317 g/mol. The molecule has 1 heterocycles. The normalized spacial score (nSPS) is 11.9. The van der Waals surface area contributed by atoms with Crippen LogP contribution >= 0.6 is 11.3 Å². The van der Waals surface area contributed by atoms with Crippen LogP contribution in [-0.4, -0.2) is 23.5 Å². The molecule has 1 aromatic heterocycles. The number of carbonyl (C=O) groups excluding carboxylic acids is 1. The summed E-state index contributed by atoms with van der Waals surface area (Å²) in [6, 6.07) is 10.7. The number of nitrogens with one attached hydrogen (secondary N) is 1. The number of carbonyl (C=O) groups is 2. The average Bonchev–Trinajstić information content (AvgIpc) is 3.05. The Morgan fingerprint density at radius 1 is 1.23 bits per heavy atom. The van der Waals surface area contributed by atoms with Crippen molar-refractivity contribution in [1.82, 2.24) is 5.32 Å². The molecular formula is C17H19NO3S. The third kappa shape index (κ3) is 4.70. The minimum Gasteiger partial charge on any atom is -0.478 e. The van der Waals surface area contributed by atoms with Gasteiger partial charge >= 0.3 is 5.97 Å². The van der Waals surface area contributed by atoms with Gasteiger partial charge in [0.1, 0.15) is 0 Å². The van der Waals surface area contributed by atoms with Gasteiger partial charge in [-0.2, -0.15) is 0 Å². The highest BCUT2D eigenvalue weighted by atomic mass is 32.1. The summed E-state index contributed by atoms with van der Waals surface area (Å²) < 4.78 is 0. The molecule has 0 fully saturated rings. The maximum atomic E-state index is 11.9. The first-order valence-electron chi connectivity index (χ1n) is 7.18. The highest BCUT2D eigenvalue weighted by Gasteiger charge is 2.09. The van der Waals surface area contributed by atoms with Crippen molar-refractivity contribution in [2.24, 2.45) is 0 Å². The zero-order valence-electron chi connectivity index (χ0n) is 12.4. The Labute approximate surface area is 133 Å². The number of thiophene rings is 1. The van der Waals surface area contributed by atoms with Gasteiger partial charge in [0.25, 0.3) is 0 Å². The van der Waals surface area contributed by atoms with E-state index < -0.39 is 5.97 Å². The van der Waals surface area contributed by atoms with Crippen molar-refractivity contribution < 1.29 is 14.7 Å². The molecule has 1 atom stereocenters. The van der Waals surface area contributed by atoms with E-state index in [1.165, 1.54) is 4.88 Å². The van der Waals surface area contributed by atoms with E-state index in [2.05, 4.69) is 18.3 Å². The van der Waals surface area contributed by atoms with Gasteiger partial charge in [0.15, 0.2) is 0 Å². The topological polar surface area (TPSA) is 66.4 Å². The first kappa shape index (κ1) is 16.2. The van der Waals surface area contributed by atoms with Gasteiger partial charge in [0.2, 0.25) is 5.91 Å². The summed E-state index contributed by atoms with van der Waals surface area (Å²) in [7, 11) is 0. The number of hydrogen-bond donors (Lipinski definition) is 2. The SMILES string of the molecule is C[C@H](CNC(=O)CCc1ccc(C(=O)O)cc1)c1cccs1. The standard InChI is InChI=1S/C17H19NO3S/c1-12(15-3-2-10-22-15)11-18-16(19)9-6-13-4-7-14(8-5-13)17(20)21/h2-5,7-8,10,12H,6,9,11H2,1H3,(H,18,19)(H,20,21)/t12-/m1/s1. The van der Waals surface area contributed by atoms with Crippen LogP contribution in [-0.2, 0) is 11.2 Å². The summed E-state index contributed by atoms with van der Waals surface area (Å²) in [5.74, 6) is -0.601. The Balaban J connectivity index is 1.74. The van der Waals surface area contributed by atoms with Gasteiger partial charge in [-0.05, 0) is 35.6 Å². The maximum absolute atomic E-state index is 11.9. The second-order valence-corrected chi connectivity index (χ2v) is 6.20. The minimum absolute atomic E-state index is 0.0192. The second kappa shape index (κ2) is 7.75. The summed E-state index contributed by atoms with van der Waals surface area (Å²) in [5, 5.41) is 13.8. The van der Waals surface area contributed by atoms with Crippen LogP contribution < -0.4 is 5.32 Å². The number of benzene rings is 1. The largest absolute Gasteiger partial charge is 0.478 e. The van der Waals surface area contributed by atoms with Crippen LogP contribution in [0.1, 0.15) is 40.1 Å². The molecular weight excluding hydrogens is 298 g/mol. The molecule has 22 heavy (non-hydrogen) atoms. The van der Waals surface area contributed by atoms with Crippen molar-refractivity contribution in [1.29, 1.82) is 0 Å². The summed E-state index contributed by atoms with van der Waals surface area (Å²) >= 11 is 1.70. The Kier molecular flexibility index (Phi) is 5.72. The zero-order valence-corrected chi connectivity index (χ0v) is 13.2. The van der Waals surface area contributed by atoms with Gasteiger partial charge in [-0.3, -0.25) is 4.79 Å². The number of rotatable bonds is 7. The summed E-state index contributed by atoms with van der Waals surface area (Å²) in [6.07, 6.45) is 1.02. The van der Waals surface area contributed by atoms with Crippen molar-refractivity contribution in [3.8, 4) is 0 Å². The number of carboxylic acid groups (broad SMARTS) is 1. The van der Waals surface area contributed by atoms with E-state index in [1.807, 2.05) is 11.4 Å². The first-order valence-corrected chi connectivity index (χ1v) is 8.06. The lowest BCUT2D eigenvalue weighted by atomic mass is 10.1. The number of aryl methyl sites for hydroxylation is 1. The fourth-order valence-electron chi connectivity index (χ4n) is 2.10. The van der Waals surface area contributed by atoms with Crippen LogP contribution in [0.4, 0.5) is 0 Å². The van der Waals surface area contributed by atoms with E-state index in [0.717, 1.165) is 5.56 Å². The van der Waals surface area contributed by atoms with Crippen LogP contribution in [0.15, 0.2) is 41.8 Å². The third-order valence-corrected chi connectivity index (χ3v) is 4.58. The molecule has 0 saturated heterocycles. The van der Waals surface area contributed by atoms with Crippen molar-refractivity contribution in [2.75, 3.05) is 6.54 Å². The first-order chi connectivity index (χ1) is 10.6. The molecule has 2 rings (SSSR count). The van der Waals surface area contributed by atoms with Gasteiger partial charge in [-0.25, -0.2) is 4.79 Å². The zero-order chi connectivity index (χ0) is 15.9. The van der Waals surface area contributed by atoms with Gasteiger partial charge in [-0.1, -0.05) is 25.1 Å². The molecule has 2 N–H and O–H groups in total. The van der Waals surface area contributed by atoms with Crippen molar-refractivity contribution in [2.45, 2.75) is 25.7 Å². The van der Waals surface area contributed by atoms with E-state index in [1.54, 1.807) is 35.6 Å². The van der Waals surface area contributed by atoms with Crippen LogP contribution in [0.5, 0.6) is 0 Å². The summed E-state index contributed by atoms with van der Waals surface area (Å²) in [6.45, 7) is 2.73. The Hall–Kier alpha value is -2.14. The van der Waals surface area contributed by atoms with Gasteiger partial charge in [0.05, 0.1) is 5.56 Å². The van der Waals surface area contributed by atoms with E-state index >= 15 is 0 Å². The molecule has 2 aromatic rings. The lowest BCUT2D eigenvalue weighted by Gasteiger charge is -2.11. The molecule has 0 bridgehead atoms. The van der Waals surface area contributed by atoms with Gasteiger partial charge < -0.3 is 10.4 Å². The molecule has 1 amide bonds. The number of hydrogen-bond acceptors (Lipinski definition) is 3. The van der Waals surface area contributed by atoms with E-state index in [9.17, 15) is 9.59 Å². The number of carboxylic acids is 1. The van der Waals surface area contributed by atoms with Crippen LogP contribution in [0.3, 0.4) is 0 Å². The Morgan fingerprint density at radius 2 is 1.95 bits per heavy atom. The lowest BCUT2D eigenvalue weighted by molar-refractivity contribution is -0.121. The Bertz CT molecular complexity index is 620. The highest BCUT2D eigenvalue weighted by molar-refractivity contribution is 7.10. The predicted octanol–water partition coefficient (Wildman–Crippen LogP) is 3.30. The molecule has 0 aliphatic heterocycles. The number of amides is 1. The highest BCUT2D eigenvalue weighted by Crippen LogP contribution is 2.19. The quantitative estimate of drug-likeness (QED) is 0.823.